The Hall–Kier alpha value is -3.62. The van der Waals surface area contributed by atoms with Crippen LogP contribution in [0.2, 0.25) is 0 Å². The highest BCUT2D eigenvalue weighted by atomic mass is 127. The summed E-state index contributed by atoms with van der Waals surface area (Å²) in [5.74, 6) is -4.55. The number of anilines is 2. The molecule has 0 bridgehead atoms. The van der Waals surface area contributed by atoms with E-state index in [1.807, 2.05) is 36.4 Å². The second-order valence-corrected chi connectivity index (χ2v) is 9.37. The normalized spacial score (nSPS) is 16.9. The van der Waals surface area contributed by atoms with Crippen LogP contribution in [0.4, 0.5) is 24.5 Å². The highest BCUT2D eigenvalue weighted by Gasteiger charge is 2.38. The van der Waals surface area contributed by atoms with Crippen molar-refractivity contribution in [3.05, 3.63) is 63.4 Å². The highest BCUT2D eigenvalue weighted by molar-refractivity contribution is 14.1. The fourth-order valence-corrected chi connectivity index (χ4v) is 4.24. The lowest BCUT2D eigenvalue weighted by atomic mass is 9.95. The van der Waals surface area contributed by atoms with E-state index in [-0.39, 0.29) is 11.8 Å². The van der Waals surface area contributed by atoms with Crippen LogP contribution in [0.5, 0.6) is 0 Å². The average Bonchev–Trinajstić information content (AvgIpc) is 2.84. The summed E-state index contributed by atoms with van der Waals surface area (Å²) in [6.07, 6.45) is -2.18. The summed E-state index contributed by atoms with van der Waals surface area (Å²) in [6, 6.07) is 13.2. The number of imide groups is 1. The molecule has 0 aliphatic carbocycles. The molecule has 4 rings (SSSR count). The molecule has 2 aromatic rings. The van der Waals surface area contributed by atoms with Crippen LogP contribution in [0.15, 0.2) is 48.7 Å². The predicted molar refractivity (Wildman–Crippen MR) is 136 cm³/mol. The van der Waals surface area contributed by atoms with Gasteiger partial charge in [-0.2, -0.15) is 13.2 Å². The molecule has 2 heterocycles. The number of hydrogen-bond donors (Lipinski definition) is 4. The molecule has 2 aliphatic heterocycles. The SMILES string of the molecule is O=C(O)C(F)(F)F.O=C1NC(=O)c2ccc(I)cc2C1=CNc1ccc(N2CCC(C(=O)O)CC2)cc1. The van der Waals surface area contributed by atoms with Crippen molar-refractivity contribution in [1.82, 2.24) is 5.32 Å². The van der Waals surface area contributed by atoms with Crippen molar-refractivity contribution in [1.29, 1.82) is 0 Å². The van der Waals surface area contributed by atoms with Crippen LogP contribution in [0, 0.1) is 9.49 Å². The van der Waals surface area contributed by atoms with Gasteiger partial charge in [0.1, 0.15) is 0 Å². The van der Waals surface area contributed by atoms with Gasteiger partial charge in [-0.1, -0.05) is 0 Å². The third-order valence-corrected chi connectivity index (χ3v) is 6.36. The molecule has 2 aliphatic rings. The number of carbonyl (C=O) groups excluding carboxylic acids is 2. The maximum Gasteiger partial charge on any atom is 0.490 e. The predicted octanol–water partition coefficient (Wildman–Crippen LogP) is 3.95. The molecule has 1 fully saturated rings. The van der Waals surface area contributed by atoms with Crippen molar-refractivity contribution in [2.45, 2.75) is 19.0 Å². The molecule has 0 spiro atoms. The number of rotatable bonds is 4. The maximum absolute atomic E-state index is 12.3. The van der Waals surface area contributed by atoms with Gasteiger partial charge in [0.2, 0.25) is 0 Å². The molecular weight excluding hydrogens is 610 g/mol. The van der Waals surface area contributed by atoms with Gasteiger partial charge in [-0.3, -0.25) is 19.7 Å². The second-order valence-electron chi connectivity index (χ2n) is 8.12. The Bertz CT molecular complexity index is 1240. The first kappa shape index (κ1) is 28.0. The lowest BCUT2D eigenvalue weighted by Crippen LogP contribution is -2.36. The van der Waals surface area contributed by atoms with Gasteiger partial charge in [0.05, 0.1) is 11.5 Å². The van der Waals surface area contributed by atoms with Gasteiger partial charge in [0.15, 0.2) is 0 Å². The largest absolute Gasteiger partial charge is 0.490 e. The monoisotopic (exact) mass is 631 g/mol. The second kappa shape index (κ2) is 11.6. The van der Waals surface area contributed by atoms with E-state index in [1.54, 1.807) is 12.3 Å². The number of nitrogens with one attached hydrogen (secondary N) is 2. The fraction of sp³-hybridized carbons (Fsp3) is 0.250. The maximum atomic E-state index is 12.3. The third-order valence-electron chi connectivity index (χ3n) is 5.69. The van der Waals surface area contributed by atoms with E-state index in [9.17, 15) is 27.6 Å². The van der Waals surface area contributed by atoms with E-state index in [1.165, 1.54) is 0 Å². The number of carboxylic acids is 2. The van der Waals surface area contributed by atoms with Crippen molar-refractivity contribution in [3.63, 3.8) is 0 Å². The molecule has 0 saturated carbocycles. The minimum atomic E-state index is -5.08. The Kier molecular flexibility index (Phi) is 8.78. The van der Waals surface area contributed by atoms with Crippen molar-refractivity contribution < 1.29 is 42.6 Å². The first-order chi connectivity index (χ1) is 17.4. The fourth-order valence-electron chi connectivity index (χ4n) is 3.75. The molecule has 0 unspecified atom stereocenters. The molecule has 0 aromatic heterocycles. The van der Waals surface area contributed by atoms with E-state index < -0.39 is 24.0 Å². The van der Waals surface area contributed by atoms with E-state index >= 15 is 0 Å². The zero-order chi connectivity index (χ0) is 27.3. The first-order valence-electron chi connectivity index (χ1n) is 10.9. The number of alkyl halides is 3. The topological polar surface area (TPSA) is 136 Å². The summed E-state index contributed by atoms with van der Waals surface area (Å²) in [5, 5.41) is 21.8. The van der Waals surface area contributed by atoms with Gasteiger partial charge in [-0.05, 0) is 77.9 Å². The van der Waals surface area contributed by atoms with Crippen LogP contribution >= 0.6 is 22.6 Å². The number of aliphatic carboxylic acids is 2. The summed E-state index contributed by atoms with van der Waals surface area (Å²) >= 11 is 2.15. The number of carboxylic acid groups (broad SMARTS) is 2. The quantitative estimate of drug-likeness (QED) is 0.227. The number of carbonyl (C=O) groups is 4. The summed E-state index contributed by atoms with van der Waals surface area (Å²) in [4.78, 5) is 46.6. The minimum absolute atomic E-state index is 0.256. The van der Waals surface area contributed by atoms with Crippen LogP contribution in [0.25, 0.3) is 5.57 Å². The number of benzene rings is 2. The van der Waals surface area contributed by atoms with Crippen LogP contribution in [-0.2, 0) is 14.4 Å². The molecule has 9 nitrogen and oxygen atoms in total. The summed E-state index contributed by atoms with van der Waals surface area (Å²) in [6.45, 7) is 1.44. The van der Waals surface area contributed by atoms with Crippen molar-refractivity contribution in [3.8, 4) is 0 Å². The number of hydrogen-bond acceptors (Lipinski definition) is 6. The van der Waals surface area contributed by atoms with Gasteiger partial charge in [-0.15, -0.1) is 0 Å². The molecule has 0 radical (unpaired) electrons. The Labute approximate surface area is 222 Å². The Balaban J connectivity index is 0.000000479. The van der Waals surface area contributed by atoms with Crippen molar-refractivity contribution in [2.24, 2.45) is 5.92 Å². The van der Waals surface area contributed by atoms with Gasteiger partial charge in [0.25, 0.3) is 11.8 Å². The lowest BCUT2D eigenvalue weighted by Gasteiger charge is -2.32. The number of halogens is 4. The van der Waals surface area contributed by atoms with E-state index in [2.05, 4.69) is 38.1 Å². The van der Waals surface area contributed by atoms with Gasteiger partial charge in [0, 0.05) is 45.4 Å². The van der Waals surface area contributed by atoms with Gasteiger partial charge < -0.3 is 20.4 Å². The molecule has 2 aromatic carbocycles. The molecule has 0 atom stereocenters. The van der Waals surface area contributed by atoms with Gasteiger partial charge >= 0.3 is 18.1 Å². The minimum Gasteiger partial charge on any atom is -0.481 e. The number of nitrogens with zero attached hydrogens (tertiary/aromatic N) is 1. The van der Waals surface area contributed by atoms with Gasteiger partial charge in [-0.25, -0.2) is 4.79 Å². The van der Waals surface area contributed by atoms with Crippen LogP contribution < -0.4 is 15.5 Å². The van der Waals surface area contributed by atoms with Crippen molar-refractivity contribution >= 4 is 63.3 Å². The number of piperidine rings is 1. The first-order valence-corrected chi connectivity index (χ1v) is 11.9. The van der Waals surface area contributed by atoms with Crippen molar-refractivity contribution in [2.75, 3.05) is 23.3 Å². The molecule has 2 amide bonds. The zero-order valence-corrected chi connectivity index (χ0v) is 21.2. The highest BCUT2D eigenvalue weighted by Crippen LogP contribution is 2.28. The van der Waals surface area contributed by atoms with Crippen LogP contribution in [-0.4, -0.2) is 53.2 Å². The zero-order valence-electron chi connectivity index (χ0n) is 19.0. The Morgan fingerprint density at radius 2 is 1.59 bits per heavy atom. The number of amides is 2. The Morgan fingerprint density at radius 1 is 1.00 bits per heavy atom. The molecule has 4 N–H and O–H groups in total. The molecular formula is C24H21F3IN3O6. The van der Waals surface area contributed by atoms with Crippen LogP contribution in [0.3, 0.4) is 0 Å². The third kappa shape index (κ3) is 7.21. The average molecular weight is 631 g/mol. The molecule has 37 heavy (non-hydrogen) atoms. The molecule has 1 saturated heterocycles. The smallest absolute Gasteiger partial charge is 0.481 e. The van der Waals surface area contributed by atoms with Crippen LogP contribution in [0.1, 0.15) is 28.8 Å². The Morgan fingerprint density at radius 3 is 2.14 bits per heavy atom. The molecule has 13 heteroatoms. The summed E-state index contributed by atoms with van der Waals surface area (Å²) in [5.41, 5.74) is 3.34. The number of fused-ring (bicyclic) bond motifs is 1. The standard InChI is InChI=1S/C22H20IN3O4.C2HF3O2/c23-14-1-6-17-18(11-14)19(21(28)25-20(17)27)12-24-15-2-4-16(5-3-15)26-9-7-13(8-10-26)22(29)30;3-2(4,5)1(6)7/h1-6,11-13,24H,7-10H2,(H,29,30)(H,25,27,28);(H,6,7). The summed E-state index contributed by atoms with van der Waals surface area (Å²) < 4.78 is 32.7. The van der Waals surface area contributed by atoms with E-state index in [4.69, 9.17) is 15.0 Å². The molecule has 196 valence electrons. The summed E-state index contributed by atoms with van der Waals surface area (Å²) in [7, 11) is 0. The lowest BCUT2D eigenvalue weighted by molar-refractivity contribution is -0.192. The van der Waals surface area contributed by atoms with E-state index in [0.717, 1.165) is 28.0 Å². The van der Waals surface area contributed by atoms with E-state index in [0.29, 0.717) is 29.5 Å².